The van der Waals surface area contributed by atoms with Gasteiger partial charge in [0.05, 0.1) is 30.0 Å². The van der Waals surface area contributed by atoms with Gasteiger partial charge in [-0.15, -0.1) is 0 Å². The molecule has 0 aliphatic carbocycles. The van der Waals surface area contributed by atoms with Crippen LogP contribution in [0.1, 0.15) is 23.6 Å². The van der Waals surface area contributed by atoms with Gasteiger partial charge in [-0.2, -0.15) is 5.10 Å². The van der Waals surface area contributed by atoms with Crippen LogP contribution in [0.5, 0.6) is 17.2 Å². The van der Waals surface area contributed by atoms with Crippen LogP contribution in [0.3, 0.4) is 0 Å². The first-order valence-electron chi connectivity index (χ1n) is 11.1. The molecule has 0 saturated heterocycles. The molecule has 0 bridgehead atoms. The molecule has 0 heterocycles. The van der Waals surface area contributed by atoms with Gasteiger partial charge in [0.1, 0.15) is 12.4 Å². The summed E-state index contributed by atoms with van der Waals surface area (Å²) in [6.45, 7) is 3.55. The smallest absolute Gasteiger partial charge is 0.175 e. The highest BCUT2D eigenvalue weighted by Gasteiger charge is 2.13. The molecule has 0 unspecified atom stereocenters. The predicted octanol–water partition coefficient (Wildman–Crippen LogP) is 6.55. The summed E-state index contributed by atoms with van der Waals surface area (Å²) in [7, 11) is 1.67. The topological polar surface area (TPSA) is 52.1 Å². The number of halogens is 1. The van der Waals surface area contributed by atoms with E-state index in [0.717, 1.165) is 31.8 Å². The highest BCUT2D eigenvalue weighted by molar-refractivity contribution is 14.1. The molecule has 4 rings (SSSR count). The maximum Gasteiger partial charge on any atom is 0.175 e. The Morgan fingerprint density at radius 2 is 1.65 bits per heavy atom. The lowest BCUT2D eigenvalue weighted by atomic mass is 10.1. The van der Waals surface area contributed by atoms with Crippen LogP contribution in [0.4, 0.5) is 0 Å². The Morgan fingerprint density at radius 1 is 0.882 bits per heavy atom. The molecular weight excluding hydrogens is 539 g/mol. The third kappa shape index (κ3) is 5.80. The molecule has 4 aromatic rings. The third-order valence-electron chi connectivity index (χ3n) is 5.35. The van der Waals surface area contributed by atoms with Crippen molar-refractivity contribution < 1.29 is 14.2 Å². The Labute approximate surface area is 213 Å². The lowest BCUT2D eigenvalue weighted by Crippen LogP contribution is -2.07. The third-order valence-corrected chi connectivity index (χ3v) is 6.15. The number of hydrogen-bond donors (Lipinski definition) is 1. The van der Waals surface area contributed by atoms with Crippen LogP contribution in [0.2, 0.25) is 0 Å². The summed E-state index contributed by atoms with van der Waals surface area (Å²) in [5, 5.41) is 6.78. The van der Waals surface area contributed by atoms with Crippen molar-refractivity contribution in [1.29, 1.82) is 0 Å². The Balaban J connectivity index is 1.48. The van der Waals surface area contributed by atoms with Crippen LogP contribution in [0, 0.1) is 3.57 Å². The van der Waals surface area contributed by atoms with Gasteiger partial charge in [-0.1, -0.05) is 60.7 Å². The summed E-state index contributed by atoms with van der Waals surface area (Å²) in [6.07, 6.45) is 1.79. The van der Waals surface area contributed by atoms with Gasteiger partial charge in [0, 0.05) is 5.56 Å². The van der Waals surface area contributed by atoms with E-state index in [-0.39, 0.29) is 0 Å². The van der Waals surface area contributed by atoms with Crippen molar-refractivity contribution in [2.24, 2.45) is 5.10 Å². The summed E-state index contributed by atoms with van der Waals surface area (Å²) in [6, 6.07) is 26.5. The lowest BCUT2D eigenvalue weighted by Gasteiger charge is -2.15. The Bertz CT molecular complexity index is 1280. The Kier molecular flexibility index (Phi) is 8.25. The predicted molar refractivity (Wildman–Crippen MR) is 146 cm³/mol. The number of nitrogens with one attached hydrogen (secondary N) is 1. The quantitative estimate of drug-likeness (QED) is 0.134. The van der Waals surface area contributed by atoms with Gasteiger partial charge in [0.15, 0.2) is 11.5 Å². The first kappa shape index (κ1) is 23.9. The highest BCUT2D eigenvalue weighted by atomic mass is 127. The highest BCUT2D eigenvalue weighted by Crippen LogP contribution is 2.35. The molecule has 5 nitrogen and oxygen atoms in total. The van der Waals surface area contributed by atoms with E-state index in [2.05, 4.69) is 75.6 Å². The van der Waals surface area contributed by atoms with Gasteiger partial charge >= 0.3 is 0 Å². The fraction of sp³-hybridized carbons (Fsp3) is 0.179. The molecule has 0 amide bonds. The van der Waals surface area contributed by atoms with Gasteiger partial charge < -0.3 is 19.6 Å². The maximum absolute atomic E-state index is 6.27. The van der Waals surface area contributed by atoms with Crippen LogP contribution >= 0.6 is 22.6 Å². The number of para-hydroxylation sites is 1. The zero-order chi connectivity index (χ0) is 23.8. The number of fused-ring (bicyclic) bond motifs is 1. The van der Waals surface area contributed by atoms with Crippen molar-refractivity contribution in [3.05, 3.63) is 99.1 Å². The average Bonchev–Trinajstić information content (AvgIpc) is 2.86. The van der Waals surface area contributed by atoms with E-state index in [9.17, 15) is 0 Å². The minimum atomic E-state index is 0.464. The normalized spacial score (nSPS) is 11.0. The van der Waals surface area contributed by atoms with E-state index in [4.69, 9.17) is 14.2 Å². The summed E-state index contributed by atoms with van der Waals surface area (Å²) >= 11 is 2.29. The van der Waals surface area contributed by atoms with Crippen LogP contribution in [0.15, 0.2) is 84.0 Å². The van der Waals surface area contributed by atoms with E-state index in [1.165, 1.54) is 10.8 Å². The first-order valence-corrected chi connectivity index (χ1v) is 12.2. The van der Waals surface area contributed by atoms with Gasteiger partial charge in [0.25, 0.3) is 0 Å². The number of hydrogen-bond acceptors (Lipinski definition) is 5. The summed E-state index contributed by atoms with van der Waals surface area (Å²) < 4.78 is 18.5. The molecule has 1 N–H and O–H groups in total. The minimum absolute atomic E-state index is 0.464. The zero-order valence-corrected chi connectivity index (χ0v) is 21.4. The second kappa shape index (κ2) is 11.7. The molecule has 0 fully saturated rings. The van der Waals surface area contributed by atoms with E-state index in [1.54, 1.807) is 13.3 Å². The number of benzene rings is 4. The molecule has 0 atom stereocenters. The average molecular weight is 566 g/mol. The van der Waals surface area contributed by atoms with Gasteiger partial charge in [-0.3, -0.25) is 0 Å². The van der Waals surface area contributed by atoms with Crippen molar-refractivity contribution in [2.45, 2.75) is 20.1 Å². The fourth-order valence-electron chi connectivity index (χ4n) is 3.73. The molecular formula is C28H27IN2O3. The van der Waals surface area contributed by atoms with Gasteiger partial charge in [-0.05, 0) is 69.6 Å². The van der Waals surface area contributed by atoms with Crippen LogP contribution < -0.4 is 19.6 Å². The molecule has 0 radical (unpaired) electrons. The molecule has 0 aromatic heterocycles. The molecule has 0 spiro atoms. The molecule has 34 heavy (non-hydrogen) atoms. The summed E-state index contributed by atoms with van der Waals surface area (Å²) in [4.78, 5) is 0. The van der Waals surface area contributed by atoms with Crippen LogP contribution in [-0.2, 0) is 13.2 Å². The standard InChI is InChI=1S/C28H27IN2O3/c1-3-33-27-16-20(17-30-31-18-22-10-5-7-14-26(22)32-2)15-25(29)28(27)34-19-23-12-8-11-21-9-4-6-13-24(21)23/h4-17,31H,3,18-19H2,1-2H3/b30-17-. The van der Waals surface area contributed by atoms with E-state index < -0.39 is 0 Å². The fourth-order valence-corrected chi connectivity index (χ4v) is 4.51. The lowest BCUT2D eigenvalue weighted by molar-refractivity contribution is 0.268. The van der Waals surface area contributed by atoms with E-state index in [1.807, 2.05) is 43.3 Å². The molecule has 0 aliphatic rings. The molecule has 0 saturated carbocycles. The SMILES string of the molecule is CCOc1cc(/C=N\NCc2ccccc2OC)cc(I)c1OCc1cccc2ccccc12. The molecule has 174 valence electrons. The largest absolute Gasteiger partial charge is 0.496 e. The number of hydrazone groups is 1. The zero-order valence-electron chi connectivity index (χ0n) is 19.3. The Hall–Kier alpha value is -3.26. The van der Waals surface area contributed by atoms with Crippen molar-refractivity contribution >= 4 is 39.6 Å². The van der Waals surface area contributed by atoms with Crippen LogP contribution in [0.25, 0.3) is 10.8 Å². The molecule has 4 aromatic carbocycles. The second-order valence-corrected chi connectivity index (χ2v) is 8.76. The Morgan fingerprint density at radius 3 is 2.50 bits per heavy atom. The first-order chi connectivity index (χ1) is 16.7. The monoisotopic (exact) mass is 566 g/mol. The van der Waals surface area contributed by atoms with Gasteiger partial charge in [0.2, 0.25) is 0 Å². The summed E-state index contributed by atoms with van der Waals surface area (Å²) in [5.74, 6) is 2.29. The number of nitrogens with zero attached hydrogens (tertiary/aromatic N) is 1. The number of rotatable bonds is 10. The van der Waals surface area contributed by atoms with E-state index in [0.29, 0.717) is 25.5 Å². The van der Waals surface area contributed by atoms with Crippen molar-refractivity contribution in [2.75, 3.05) is 13.7 Å². The van der Waals surface area contributed by atoms with Crippen LogP contribution in [-0.4, -0.2) is 19.9 Å². The van der Waals surface area contributed by atoms with Crippen molar-refractivity contribution in [3.8, 4) is 17.2 Å². The molecule has 6 heteroatoms. The van der Waals surface area contributed by atoms with Crippen molar-refractivity contribution in [3.63, 3.8) is 0 Å². The van der Waals surface area contributed by atoms with E-state index >= 15 is 0 Å². The van der Waals surface area contributed by atoms with Crippen molar-refractivity contribution in [1.82, 2.24) is 5.43 Å². The maximum atomic E-state index is 6.27. The van der Waals surface area contributed by atoms with Gasteiger partial charge in [-0.25, -0.2) is 0 Å². The molecule has 0 aliphatic heterocycles. The number of methoxy groups -OCH3 is 1. The second-order valence-electron chi connectivity index (χ2n) is 7.59. The minimum Gasteiger partial charge on any atom is -0.496 e. The summed E-state index contributed by atoms with van der Waals surface area (Å²) in [5.41, 5.74) is 6.20. The number of ether oxygens (including phenoxy) is 3.